The second-order valence-electron chi connectivity index (χ2n) is 10.1. The maximum absolute atomic E-state index is 14.5. The first-order chi connectivity index (χ1) is 21.9. The number of rotatable bonds is 8. The summed E-state index contributed by atoms with van der Waals surface area (Å²) in [5, 5.41) is 1.78. The van der Waals surface area contributed by atoms with Gasteiger partial charge in [0.2, 0.25) is 0 Å². The molecule has 0 radical (unpaired) electrons. The number of fused-ring (bicyclic) bond motifs is 2. The van der Waals surface area contributed by atoms with Crippen LogP contribution in [0.3, 0.4) is 0 Å². The average molecular weight is 686 g/mol. The number of hydrogen-bond donors (Lipinski definition) is 0. The van der Waals surface area contributed by atoms with Crippen LogP contribution in [0.25, 0.3) is 22.5 Å². The minimum Gasteiger partial charge on any atom is -0.496 e. The van der Waals surface area contributed by atoms with E-state index in [1.54, 1.807) is 51.0 Å². The lowest BCUT2D eigenvalue weighted by atomic mass is 9.89. The van der Waals surface area contributed by atoms with Crippen molar-refractivity contribution in [3.8, 4) is 17.2 Å². The maximum atomic E-state index is 14.5. The van der Waals surface area contributed by atoms with E-state index in [0.717, 1.165) is 20.8 Å². The number of carbonyl (C=O) groups is 1. The minimum atomic E-state index is -0.896. The molecule has 8 nitrogen and oxygen atoms in total. The van der Waals surface area contributed by atoms with Crippen molar-refractivity contribution in [1.29, 1.82) is 0 Å². The molecule has 5 aromatic rings. The summed E-state index contributed by atoms with van der Waals surface area (Å²) in [6, 6.07) is 23.8. The van der Waals surface area contributed by atoms with Crippen molar-refractivity contribution < 1.29 is 23.7 Å². The quantitative estimate of drug-likeness (QED) is 0.190. The second kappa shape index (κ2) is 12.7. The van der Waals surface area contributed by atoms with Gasteiger partial charge in [-0.3, -0.25) is 9.36 Å². The average Bonchev–Trinajstić information content (AvgIpc) is 3.38. The molecule has 1 aliphatic heterocycles. The molecule has 10 heteroatoms. The molecular weight excluding hydrogens is 656 g/mol. The zero-order chi connectivity index (χ0) is 31.7. The minimum absolute atomic E-state index is 0.154. The third-order valence-electron chi connectivity index (χ3n) is 7.59. The van der Waals surface area contributed by atoms with Gasteiger partial charge in [0.05, 0.1) is 43.7 Å². The summed E-state index contributed by atoms with van der Waals surface area (Å²) in [4.78, 5) is 33.9. The van der Waals surface area contributed by atoms with Crippen LogP contribution in [0.1, 0.15) is 29.7 Å². The van der Waals surface area contributed by atoms with Crippen LogP contribution in [-0.2, 0) is 9.53 Å². The number of hydrogen-bond acceptors (Lipinski definition) is 8. The summed E-state index contributed by atoms with van der Waals surface area (Å²) < 4.78 is 25.2. The normalized spacial score (nSPS) is 14.6. The number of benzene rings is 4. The van der Waals surface area contributed by atoms with Gasteiger partial charge in [-0.05, 0) is 47.5 Å². The topological polar surface area (TPSA) is 88.4 Å². The highest BCUT2D eigenvalue weighted by Crippen LogP contribution is 2.42. The molecule has 1 aromatic heterocycles. The van der Waals surface area contributed by atoms with E-state index in [-0.39, 0.29) is 17.7 Å². The van der Waals surface area contributed by atoms with Gasteiger partial charge >= 0.3 is 5.97 Å². The molecule has 2 heterocycles. The number of methoxy groups -OCH3 is 3. The van der Waals surface area contributed by atoms with Crippen LogP contribution in [0.4, 0.5) is 0 Å². The molecule has 0 N–H and O–H groups in total. The molecule has 0 fully saturated rings. The Hall–Kier alpha value is -4.67. The molecule has 6 rings (SSSR count). The Morgan fingerprint density at radius 1 is 0.933 bits per heavy atom. The Morgan fingerprint density at radius 3 is 2.33 bits per heavy atom. The van der Waals surface area contributed by atoms with Crippen LogP contribution in [-0.4, -0.2) is 38.5 Å². The van der Waals surface area contributed by atoms with E-state index < -0.39 is 12.0 Å². The highest BCUT2D eigenvalue weighted by atomic mass is 79.9. The molecule has 45 heavy (non-hydrogen) atoms. The largest absolute Gasteiger partial charge is 0.496 e. The number of nitrogens with zero attached hydrogens (tertiary/aromatic N) is 2. The van der Waals surface area contributed by atoms with Gasteiger partial charge in [-0.1, -0.05) is 87.9 Å². The first kappa shape index (κ1) is 30.4. The summed E-state index contributed by atoms with van der Waals surface area (Å²) in [6.45, 7) is 1.91. The summed E-state index contributed by atoms with van der Waals surface area (Å²) >= 11 is 4.85. The molecule has 0 aliphatic carbocycles. The fourth-order valence-electron chi connectivity index (χ4n) is 5.57. The van der Waals surface area contributed by atoms with Crippen LogP contribution in [0, 0.1) is 0 Å². The van der Waals surface area contributed by atoms with E-state index in [0.29, 0.717) is 43.4 Å². The molecule has 0 saturated heterocycles. The molecule has 0 bridgehead atoms. The van der Waals surface area contributed by atoms with Crippen molar-refractivity contribution >= 4 is 55.8 Å². The number of aromatic nitrogens is 1. The van der Waals surface area contributed by atoms with Gasteiger partial charge in [0.15, 0.2) is 16.3 Å². The summed E-state index contributed by atoms with van der Waals surface area (Å²) in [6.07, 6.45) is 1.78. The van der Waals surface area contributed by atoms with Crippen LogP contribution < -0.4 is 29.1 Å². The highest BCUT2D eigenvalue weighted by Gasteiger charge is 2.37. The molecule has 0 unspecified atom stereocenters. The van der Waals surface area contributed by atoms with Crippen molar-refractivity contribution in [2.45, 2.75) is 13.0 Å². The van der Waals surface area contributed by atoms with Gasteiger partial charge in [0.1, 0.15) is 11.8 Å². The predicted octanol–water partition coefficient (Wildman–Crippen LogP) is 5.88. The van der Waals surface area contributed by atoms with Crippen molar-refractivity contribution in [2.75, 3.05) is 27.9 Å². The Kier molecular flexibility index (Phi) is 8.60. The van der Waals surface area contributed by atoms with Crippen molar-refractivity contribution in [2.24, 2.45) is 4.99 Å². The fourth-order valence-corrected chi connectivity index (χ4v) is 7.00. The monoisotopic (exact) mass is 684 g/mol. The summed E-state index contributed by atoms with van der Waals surface area (Å²) in [5.41, 5.74) is 2.49. The van der Waals surface area contributed by atoms with Crippen LogP contribution >= 0.6 is 27.3 Å². The summed E-state index contributed by atoms with van der Waals surface area (Å²) in [7, 11) is 4.70. The molecular formula is C35H29BrN2O6S. The van der Waals surface area contributed by atoms with Gasteiger partial charge in [-0.25, -0.2) is 9.79 Å². The van der Waals surface area contributed by atoms with Crippen molar-refractivity contribution in [3.05, 3.63) is 125 Å². The Labute approximate surface area is 271 Å². The molecule has 1 atom stereocenters. The number of esters is 1. The highest BCUT2D eigenvalue weighted by molar-refractivity contribution is 9.10. The molecule has 1 aliphatic rings. The molecule has 0 amide bonds. The summed E-state index contributed by atoms with van der Waals surface area (Å²) in [5.74, 6) is 1.05. The van der Waals surface area contributed by atoms with Crippen molar-refractivity contribution in [3.63, 3.8) is 0 Å². The SMILES string of the molecule is CCOC(=O)C1=C(c2ccccc2)N=c2s/c(=C\c3cc(OC)c(OC)cc3Br)c(=O)n2[C@H]1c1c(OC)ccc2ccccc12. The maximum Gasteiger partial charge on any atom is 0.338 e. The molecule has 0 spiro atoms. The molecule has 4 aromatic carbocycles. The third kappa shape index (κ3) is 5.44. The standard InChI is InChI=1S/C35H29BrN2O6S/c1-5-44-34(40)30-31(21-12-7-6-8-13-21)37-35-38(32(30)29-23-14-10-9-11-20(23)15-16-25(29)41-2)33(39)28(45-35)18-22-17-26(42-3)27(43-4)19-24(22)36/h6-19,32H,5H2,1-4H3/b28-18-/t32-/m0/s1. The first-order valence-electron chi connectivity index (χ1n) is 14.2. The van der Waals surface area contributed by atoms with Gasteiger partial charge in [-0.2, -0.15) is 0 Å². The Balaban J connectivity index is 1.73. The van der Waals surface area contributed by atoms with E-state index >= 15 is 0 Å². The first-order valence-corrected chi connectivity index (χ1v) is 15.8. The van der Waals surface area contributed by atoms with E-state index in [4.69, 9.17) is 23.9 Å². The number of ether oxygens (including phenoxy) is 4. The second-order valence-corrected chi connectivity index (χ2v) is 11.9. The third-order valence-corrected chi connectivity index (χ3v) is 9.26. The zero-order valence-corrected chi connectivity index (χ0v) is 27.4. The van der Waals surface area contributed by atoms with E-state index in [1.807, 2.05) is 66.7 Å². The molecule has 0 saturated carbocycles. The number of thiazole rings is 1. The Morgan fingerprint density at radius 2 is 1.62 bits per heavy atom. The predicted molar refractivity (Wildman–Crippen MR) is 179 cm³/mol. The van der Waals surface area contributed by atoms with E-state index in [2.05, 4.69) is 15.9 Å². The zero-order valence-electron chi connectivity index (χ0n) is 25.0. The van der Waals surface area contributed by atoms with Gasteiger partial charge in [0, 0.05) is 15.6 Å². The number of carbonyl (C=O) groups excluding carboxylic acids is 1. The van der Waals surface area contributed by atoms with Crippen LogP contribution in [0.5, 0.6) is 17.2 Å². The molecule has 228 valence electrons. The van der Waals surface area contributed by atoms with Crippen molar-refractivity contribution in [1.82, 2.24) is 4.57 Å². The van der Waals surface area contributed by atoms with Gasteiger partial charge in [-0.15, -0.1) is 0 Å². The van der Waals surface area contributed by atoms with Gasteiger partial charge in [0.25, 0.3) is 5.56 Å². The van der Waals surface area contributed by atoms with E-state index in [9.17, 15) is 9.59 Å². The van der Waals surface area contributed by atoms with Crippen LogP contribution in [0.15, 0.2) is 98.7 Å². The lowest BCUT2D eigenvalue weighted by Crippen LogP contribution is -2.40. The van der Waals surface area contributed by atoms with E-state index in [1.165, 1.54) is 11.3 Å². The lowest BCUT2D eigenvalue weighted by Gasteiger charge is -2.28. The van der Waals surface area contributed by atoms with Gasteiger partial charge < -0.3 is 18.9 Å². The lowest BCUT2D eigenvalue weighted by molar-refractivity contribution is -0.138. The number of halogens is 1. The van der Waals surface area contributed by atoms with Crippen LogP contribution in [0.2, 0.25) is 0 Å². The smallest absolute Gasteiger partial charge is 0.338 e. The fraction of sp³-hybridized carbons (Fsp3) is 0.171. The Bertz CT molecular complexity index is 2150.